The summed E-state index contributed by atoms with van der Waals surface area (Å²) in [5, 5.41) is 11.6. The van der Waals surface area contributed by atoms with E-state index in [0.717, 1.165) is 29.9 Å². The average molecular weight is 427 g/mol. The molecule has 0 unspecified atom stereocenters. The van der Waals surface area contributed by atoms with Gasteiger partial charge in [0, 0.05) is 5.56 Å². The van der Waals surface area contributed by atoms with Crippen molar-refractivity contribution in [3.05, 3.63) is 52.8 Å². The van der Waals surface area contributed by atoms with Crippen LogP contribution in [0, 0.1) is 4.77 Å². The van der Waals surface area contributed by atoms with E-state index in [1.54, 1.807) is 25.1 Å². The van der Waals surface area contributed by atoms with Gasteiger partial charge in [0.2, 0.25) is 4.77 Å². The maximum Gasteiger partial charge on any atom is 0.216 e. The van der Waals surface area contributed by atoms with Crippen LogP contribution < -0.4 is 14.2 Å². The summed E-state index contributed by atoms with van der Waals surface area (Å²) >= 11 is 5.34. The third-order valence-corrected chi connectivity index (χ3v) is 4.78. The molecule has 30 heavy (non-hydrogen) atoms. The fourth-order valence-corrected chi connectivity index (χ4v) is 3.06. The maximum atomic E-state index is 5.75. The highest BCUT2D eigenvalue weighted by atomic mass is 32.1. The molecule has 3 rings (SSSR count). The number of H-pyrrole nitrogens is 1. The van der Waals surface area contributed by atoms with Gasteiger partial charge >= 0.3 is 0 Å². The summed E-state index contributed by atoms with van der Waals surface area (Å²) in [6, 6.07) is 13.3. The Labute approximate surface area is 181 Å². The number of nitrogens with zero attached hydrogens (tertiary/aromatic N) is 3. The van der Waals surface area contributed by atoms with Gasteiger partial charge < -0.3 is 14.2 Å². The Hall–Kier alpha value is -3.13. The van der Waals surface area contributed by atoms with Gasteiger partial charge in [-0.15, -0.1) is 0 Å². The van der Waals surface area contributed by atoms with Crippen molar-refractivity contribution in [1.82, 2.24) is 14.9 Å². The predicted octanol–water partition coefficient (Wildman–Crippen LogP) is 5.08. The molecule has 0 fully saturated rings. The molecule has 0 aliphatic carbocycles. The third-order valence-electron chi connectivity index (χ3n) is 4.51. The first-order valence-electron chi connectivity index (χ1n) is 9.83. The smallest absolute Gasteiger partial charge is 0.216 e. The van der Waals surface area contributed by atoms with Crippen molar-refractivity contribution in [2.75, 3.05) is 20.8 Å². The Morgan fingerprint density at radius 2 is 1.83 bits per heavy atom. The van der Waals surface area contributed by atoms with E-state index in [9.17, 15) is 0 Å². The number of methoxy groups -OCH3 is 2. The molecule has 0 saturated carbocycles. The fourth-order valence-electron chi connectivity index (χ4n) is 2.88. The van der Waals surface area contributed by atoms with Crippen molar-refractivity contribution in [1.29, 1.82) is 0 Å². The normalized spacial score (nSPS) is 11.0. The van der Waals surface area contributed by atoms with E-state index in [-0.39, 0.29) is 0 Å². The monoisotopic (exact) mass is 426 g/mol. The zero-order chi connectivity index (χ0) is 21.3. The summed E-state index contributed by atoms with van der Waals surface area (Å²) in [5.41, 5.74) is 1.73. The third kappa shape index (κ3) is 5.27. The number of unbranched alkanes of at least 4 members (excludes halogenated alkanes) is 2. The Bertz CT molecular complexity index is 1040. The molecule has 2 aromatic carbocycles. The lowest BCUT2D eigenvalue weighted by atomic mass is 10.2. The molecule has 1 aromatic heterocycles. The van der Waals surface area contributed by atoms with E-state index in [2.05, 4.69) is 22.2 Å². The van der Waals surface area contributed by atoms with Crippen LogP contribution in [0.1, 0.15) is 31.7 Å². The predicted molar refractivity (Wildman–Crippen MR) is 120 cm³/mol. The molecule has 1 heterocycles. The van der Waals surface area contributed by atoms with Crippen LogP contribution >= 0.6 is 12.2 Å². The molecule has 0 atom stereocenters. The standard InChI is InChI=1S/C22H26N4O3S/c1-4-5-6-13-29-18-10-7-16(8-11-18)15-23-26-21(24-25-22(26)30)17-9-12-19(27-2)20(14-17)28-3/h7-12,14-15H,4-6,13H2,1-3H3,(H,25,30)/b23-15+. The molecule has 3 aromatic rings. The van der Waals surface area contributed by atoms with E-state index in [4.69, 9.17) is 26.4 Å². The highest BCUT2D eigenvalue weighted by molar-refractivity contribution is 7.71. The molecule has 0 saturated heterocycles. The lowest BCUT2D eigenvalue weighted by Gasteiger charge is -2.09. The van der Waals surface area contributed by atoms with Crippen LogP contribution in [-0.2, 0) is 0 Å². The van der Waals surface area contributed by atoms with Crippen molar-refractivity contribution < 1.29 is 14.2 Å². The lowest BCUT2D eigenvalue weighted by molar-refractivity contribution is 0.306. The van der Waals surface area contributed by atoms with Gasteiger partial charge in [0.05, 0.1) is 27.0 Å². The second-order valence-corrected chi connectivity index (χ2v) is 6.99. The molecule has 7 nitrogen and oxygen atoms in total. The topological polar surface area (TPSA) is 73.7 Å². The molecule has 1 N–H and O–H groups in total. The molecule has 0 aliphatic heterocycles. The molecule has 0 amide bonds. The van der Waals surface area contributed by atoms with Gasteiger partial charge in [-0.2, -0.15) is 14.9 Å². The van der Waals surface area contributed by atoms with E-state index in [1.165, 1.54) is 12.8 Å². The van der Waals surface area contributed by atoms with Crippen LogP contribution in [0.4, 0.5) is 0 Å². The van der Waals surface area contributed by atoms with Gasteiger partial charge in [0.15, 0.2) is 17.3 Å². The Morgan fingerprint density at radius 3 is 2.53 bits per heavy atom. The van der Waals surface area contributed by atoms with Crippen molar-refractivity contribution >= 4 is 18.4 Å². The number of benzene rings is 2. The summed E-state index contributed by atoms with van der Waals surface area (Å²) in [4.78, 5) is 0. The van der Waals surface area contributed by atoms with Crippen molar-refractivity contribution in [2.45, 2.75) is 26.2 Å². The second kappa shape index (κ2) is 10.6. The minimum absolute atomic E-state index is 0.395. The number of hydrogen-bond donors (Lipinski definition) is 1. The van der Waals surface area contributed by atoms with E-state index in [1.807, 2.05) is 42.5 Å². The molecule has 0 radical (unpaired) electrons. The minimum atomic E-state index is 0.395. The van der Waals surface area contributed by atoms with E-state index in [0.29, 0.717) is 22.1 Å². The summed E-state index contributed by atoms with van der Waals surface area (Å²) in [6.45, 7) is 2.91. The first-order chi connectivity index (χ1) is 14.7. The largest absolute Gasteiger partial charge is 0.494 e. The Kier molecular flexibility index (Phi) is 7.62. The summed E-state index contributed by atoms with van der Waals surface area (Å²) in [7, 11) is 3.19. The van der Waals surface area contributed by atoms with Crippen molar-refractivity contribution in [2.24, 2.45) is 5.10 Å². The first kappa shape index (κ1) is 21.6. The quantitative estimate of drug-likeness (QED) is 0.278. The van der Waals surface area contributed by atoms with Gasteiger partial charge in [-0.05, 0) is 66.7 Å². The maximum absolute atomic E-state index is 5.75. The van der Waals surface area contributed by atoms with Gasteiger partial charge in [-0.3, -0.25) is 0 Å². The fraction of sp³-hybridized carbons (Fsp3) is 0.318. The first-order valence-corrected chi connectivity index (χ1v) is 10.2. The molecule has 8 heteroatoms. The number of rotatable bonds is 10. The minimum Gasteiger partial charge on any atom is -0.494 e. The Balaban J connectivity index is 1.77. The van der Waals surface area contributed by atoms with Crippen LogP contribution in [0.3, 0.4) is 0 Å². The van der Waals surface area contributed by atoms with Crippen molar-refractivity contribution in [3.8, 4) is 28.6 Å². The Morgan fingerprint density at radius 1 is 1.07 bits per heavy atom. The van der Waals surface area contributed by atoms with Crippen LogP contribution in [0.15, 0.2) is 47.6 Å². The molecule has 0 bridgehead atoms. The molecule has 0 aliphatic rings. The van der Waals surface area contributed by atoms with E-state index >= 15 is 0 Å². The number of hydrogen-bond acceptors (Lipinski definition) is 6. The highest BCUT2D eigenvalue weighted by Crippen LogP contribution is 2.31. The van der Waals surface area contributed by atoms with Crippen molar-refractivity contribution in [3.63, 3.8) is 0 Å². The molecular formula is C22H26N4O3S. The number of aromatic nitrogens is 3. The zero-order valence-electron chi connectivity index (χ0n) is 17.4. The van der Waals surface area contributed by atoms with Gasteiger partial charge in [-0.1, -0.05) is 19.8 Å². The van der Waals surface area contributed by atoms with Crippen LogP contribution in [0.2, 0.25) is 0 Å². The number of nitrogens with one attached hydrogen (secondary N) is 1. The highest BCUT2D eigenvalue weighted by Gasteiger charge is 2.12. The average Bonchev–Trinajstić information content (AvgIpc) is 3.15. The SMILES string of the molecule is CCCCCOc1ccc(/C=N/n2c(-c3ccc(OC)c(OC)c3)n[nH]c2=S)cc1. The number of aromatic amines is 1. The van der Waals surface area contributed by atoms with Crippen LogP contribution in [0.5, 0.6) is 17.2 Å². The van der Waals surface area contributed by atoms with Gasteiger partial charge in [0.25, 0.3) is 0 Å². The van der Waals surface area contributed by atoms with E-state index < -0.39 is 0 Å². The van der Waals surface area contributed by atoms with Gasteiger partial charge in [-0.25, -0.2) is 5.10 Å². The van der Waals surface area contributed by atoms with Crippen LogP contribution in [-0.4, -0.2) is 41.9 Å². The lowest BCUT2D eigenvalue weighted by Crippen LogP contribution is -1.98. The summed E-state index contributed by atoms with van der Waals surface area (Å²) < 4.78 is 18.4. The molecule has 158 valence electrons. The molecule has 0 spiro atoms. The summed E-state index contributed by atoms with van der Waals surface area (Å²) in [6.07, 6.45) is 5.16. The van der Waals surface area contributed by atoms with Gasteiger partial charge in [0.1, 0.15) is 5.75 Å². The zero-order valence-corrected chi connectivity index (χ0v) is 18.2. The molecular weight excluding hydrogens is 400 g/mol. The second-order valence-electron chi connectivity index (χ2n) is 6.60. The summed E-state index contributed by atoms with van der Waals surface area (Å²) in [5.74, 6) is 2.68. The van der Waals surface area contributed by atoms with Crippen LogP contribution in [0.25, 0.3) is 11.4 Å². The number of ether oxygens (including phenoxy) is 3.